The molecule has 0 radical (unpaired) electrons. The molecule has 30 heavy (non-hydrogen) atoms. The zero-order valence-corrected chi connectivity index (χ0v) is 17.8. The van der Waals surface area contributed by atoms with Crippen molar-refractivity contribution in [1.29, 1.82) is 0 Å². The molecule has 0 spiro atoms. The molecule has 158 valence electrons. The number of nitrogens with zero attached hydrogens (tertiary/aromatic N) is 1. The van der Waals surface area contributed by atoms with E-state index in [9.17, 15) is 14.7 Å². The van der Waals surface area contributed by atoms with E-state index in [1.54, 1.807) is 43.3 Å². The van der Waals surface area contributed by atoms with E-state index in [0.717, 1.165) is 0 Å². The predicted molar refractivity (Wildman–Crippen MR) is 119 cm³/mol. The number of hydrazone groups is 1. The number of carbonyl (C=O) groups is 2. The summed E-state index contributed by atoms with van der Waals surface area (Å²) in [4.78, 5) is 24.0. The highest BCUT2D eigenvalue weighted by molar-refractivity contribution is 6.44. The lowest BCUT2D eigenvalue weighted by Gasteiger charge is -2.10. The maximum Gasteiger partial charge on any atom is 0.249 e. The molecule has 0 aliphatic rings. The number of anilines is 1. The number of hydrogen-bond donors (Lipinski definition) is 3. The van der Waals surface area contributed by atoms with E-state index in [0.29, 0.717) is 40.6 Å². The highest BCUT2D eigenvalue weighted by Gasteiger charge is 2.13. The van der Waals surface area contributed by atoms with Crippen LogP contribution in [0, 0.1) is 0 Å². The topological polar surface area (TPSA) is 100 Å². The van der Waals surface area contributed by atoms with Crippen LogP contribution < -0.4 is 15.5 Å². The van der Waals surface area contributed by atoms with Gasteiger partial charge >= 0.3 is 0 Å². The van der Waals surface area contributed by atoms with Crippen molar-refractivity contribution in [2.75, 3.05) is 11.9 Å². The second-order valence-corrected chi connectivity index (χ2v) is 6.86. The van der Waals surface area contributed by atoms with Crippen molar-refractivity contribution in [3.05, 3.63) is 64.2 Å². The summed E-state index contributed by atoms with van der Waals surface area (Å²) in [6.45, 7) is 5.84. The van der Waals surface area contributed by atoms with Crippen LogP contribution in [0.2, 0.25) is 10.0 Å². The van der Waals surface area contributed by atoms with Crippen LogP contribution in [0.25, 0.3) is 0 Å². The third-order valence-corrected chi connectivity index (χ3v) is 4.61. The first-order valence-electron chi connectivity index (χ1n) is 9.01. The Morgan fingerprint density at radius 1 is 1.27 bits per heavy atom. The lowest BCUT2D eigenvalue weighted by molar-refractivity contribution is -0.126. The molecule has 0 atom stereocenters. The second kappa shape index (κ2) is 11.2. The number of aromatic hydroxyl groups is 1. The second-order valence-electron chi connectivity index (χ2n) is 6.07. The van der Waals surface area contributed by atoms with Crippen molar-refractivity contribution in [1.82, 2.24) is 5.43 Å². The molecular formula is C21H21Cl2N3O4. The van der Waals surface area contributed by atoms with Crippen molar-refractivity contribution in [2.45, 2.75) is 19.8 Å². The number of phenolic OH excluding ortho intramolecular Hbond substituents is 1. The first kappa shape index (κ1) is 23.3. The highest BCUT2D eigenvalue weighted by atomic mass is 35.5. The Morgan fingerprint density at radius 2 is 2.03 bits per heavy atom. The predicted octanol–water partition coefficient (Wildman–Crippen LogP) is 4.31. The Labute approximate surface area is 184 Å². The molecule has 0 saturated heterocycles. The molecule has 0 fully saturated rings. The van der Waals surface area contributed by atoms with E-state index in [2.05, 4.69) is 22.4 Å². The van der Waals surface area contributed by atoms with Crippen LogP contribution >= 0.6 is 23.2 Å². The molecule has 2 rings (SSSR count). The Morgan fingerprint density at radius 3 is 2.73 bits per heavy atom. The standard InChI is InChI=1S/C21H21Cl2N3O4/c1-3-6-14-9-13(10-17(21(14)29)30-4-2)12-24-26-19(28)11-18(27)25-16-8-5-7-15(22)20(16)23/h3,5,7-10,12,29H,1,4,6,11H2,2H3,(H,25,27)(H,26,28)/b24-12+. The van der Waals surface area contributed by atoms with E-state index < -0.39 is 18.2 Å². The van der Waals surface area contributed by atoms with Crippen LogP contribution in [-0.4, -0.2) is 29.7 Å². The number of halogens is 2. The van der Waals surface area contributed by atoms with Crippen molar-refractivity contribution < 1.29 is 19.4 Å². The van der Waals surface area contributed by atoms with E-state index in [1.807, 2.05) is 0 Å². The summed E-state index contributed by atoms with van der Waals surface area (Å²) < 4.78 is 5.41. The van der Waals surface area contributed by atoms with Crippen molar-refractivity contribution in [2.24, 2.45) is 5.10 Å². The SMILES string of the molecule is C=CCc1cc(/C=N/NC(=O)CC(=O)Nc2cccc(Cl)c2Cl)cc(OCC)c1O. The number of rotatable bonds is 9. The summed E-state index contributed by atoms with van der Waals surface area (Å²) in [6, 6.07) is 8.08. The van der Waals surface area contributed by atoms with Crippen molar-refractivity contribution >= 4 is 46.9 Å². The zero-order chi connectivity index (χ0) is 22.1. The maximum absolute atomic E-state index is 12.0. The summed E-state index contributed by atoms with van der Waals surface area (Å²) in [5.41, 5.74) is 3.80. The molecule has 0 bridgehead atoms. The van der Waals surface area contributed by atoms with Crippen LogP contribution in [-0.2, 0) is 16.0 Å². The monoisotopic (exact) mass is 449 g/mol. The largest absolute Gasteiger partial charge is 0.504 e. The van der Waals surface area contributed by atoms with Crippen LogP contribution in [0.15, 0.2) is 48.1 Å². The fourth-order valence-electron chi connectivity index (χ4n) is 2.50. The van der Waals surface area contributed by atoms with Gasteiger partial charge in [0.2, 0.25) is 11.8 Å². The molecule has 9 heteroatoms. The van der Waals surface area contributed by atoms with Gasteiger partial charge in [-0.25, -0.2) is 5.43 Å². The van der Waals surface area contributed by atoms with E-state index in [-0.39, 0.29) is 10.8 Å². The van der Waals surface area contributed by atoms with Gasteiger partial charge in [0, 0.05) is 5.56 Å². The number of ether oxygens (including phenoxy) is 1. The molecular weight excluding hydrogens is 429 g/mol. The molecule has 7 nitrogen and oxygen atoms in total. The molecule has 0 aliphatic heterocycles. The Kier molecular flexibility index (Phi) is 8.70. The number of benzene rings is 2. The van der Waals surface area contributed by atoms with Crippen molar-refractivity contribution in [3.8, 4) is 11.5 Å². The molecule has 0 unspecified atom stereocenters. The smallest absolute Gasteiger partial charge is 0.249 e. The molecule has 0 aliphatic carbocycles. The number of hydrogen-bond acceptors (Lipinski definition) is 5. The number of nitrogens with one attached hydrogen (secondary N) is 2. The third-order valence-electron chi connectivity index (χ3n) is 3.79. The average Bonchev–Trinajstić information content (AvgIpc) is 2.69. The maximum atomic E-state index is 12.0. The number of allylic oxidation sites excluding steroid dienone is 1. The fourth-order valence-corrected chi connectivity index (χ4v) is 2.85. The molecule has 2 aromatic carbocycles. The highest BCUT2D eigenvalue weighted by Crippen LogP contribution is 2.32. The van der Waals surface area contributed by atoms with Gasteiger partial charge in [0.05, 0.1) is 28.6 Å². The normalized spacial score (nSPS) is 10.6. The number of amides is 2. The molecule has 2 aromatic rings. The summed E-state index contributed by atoms with van der Waals surface area (Å²) >= 11 is 11.9. The molecule has 0 saturated carbocycles. The van der Waals surface area contributed by atoms with Crippen LogP contribution in [0.4, 0.5) is 5.69 Å². The van der Waals surface area contributed by atoms with Crippen LogP contribution in [0.1, 0.15) is 24.5 Å². The van der Waals surface area contributed by atoms with Gasteiger partial charge in [-0.1, -0.05) is 35.3 Å². The molecule has 0 aromatic heterocycles. The minimum atomic E-state index is -0.614. The first-order valence-corrected chi connectivity index (χ1v) is 9.76. The van der Waals surface area contributed by atoms with Gasteiger partial charge in [-0.3, -0.25) is 9.59 Å². The van der Waals surface area contributed by atoms with E-state index >= 15 is 0 Å². The lowest BCUT2D eigenvalue weighted by Crippen LogP contribution is -2.24. The minimum Gasteiger partial charge on any atom is -0.504 e. The molecule has 3 N–H and O–H groups in total. The Hall–Kier alpha value is -3.03. The summed E-state index contributed by atoms with van der Waals surface area (Å²) in [5.74, 6) is -0.836. The van der Waals surface area contributed by atoms with Crippen molar-refractivity contribution in [3.63, 3.8) is 0 Å². The Balaban J connectivity index is 1.99. The first-order chi connectivity index (χ1) is 14.3. The van der Waals surface area contributed by atoms with Gasteiger partial charge < -0.3 is 15.2 Å². The molecule has 2 amide bonds. The zero-order valence-electron chi connectivity index (χ0n) is 16.2. The Bertz CT molecular complexity index is 977. The summed E-state index contributed by atoms with van der Waals surface area (Å²) in [5, 5.41) is 17.0. The van der Waals surface area contributed by atoms with Crippen LogP contribution in [0.3, 0.4) is 0 Å². The summed E-state index contributed by atoms with van der Waals surface area (Å²) in [7, 11) is 0. The fraction of sp³-hybridized carbons (Fsp3) is 0.190. The van der Waals surface area contributed by atoms with E-state index in [4.69, 9.17) is 27.9 Å². The lowest BCUT2D eigenvalue weighted by atomic mass is 10.1. The van der Waals surface area contributed by atoms with Gasteiger partial charge in [0.25, 0.3) is 0 Å². The number of phenols is 1. The number of carbonyl (C=O) groups excluding carboxylic acids is 2. The molecule has 0 heterocycles. The summed E-state index contributed by atoms with van der Waals surface area (Å²) in [6.07, 6.45) is 3.02. The average molecular weight is 450 g/mol. The van der Waals surface area contributed by atoms with Crippen LogP contribution in [0.5, 0.6) is 11.5 Å². The van der Waals surface area contributed by atoms with Gasteiger partial charge in [-0.05, 0) is 43.2 Å². The third kappa shape index (κ3) is 6.50. The van der Waals surface area contributed by atoms with Gasteiger partial charge in [-0.2, -0.15) is 5.10 Å². The van der Waals surface area contributed by atoms with Gasteiger partial charge in [0.1, 0.15) is 6.42 Å². The van der Waals surface area contributed by atoms with Gasteiger partial charge in [0.15, 0.2) is 11.5 Å². The van der Waals surface area contributed by atoms with E-state index in [1.165, 1.54) is 6.21 Å². The van der Waals surface area contributed by atoms with Gasteiger partial charge in [-0.15, -0.1) is 6.58 Å². The quantitative estimate of drug-likeness (QED) is 0.230. The minimum absolute atomic E-state index is 0.0364.